The molecule has 3 aromatic rings. The molecule has 25 heavy (non-hydrogen) atoms. The summed E-state index contributed by atoms with van der Waals surface area (Å²) in [7, 11) is 1.66. The highest BCUT2D eigenvalue weighted by Crippen LogP contribution is 2.28. The van der Waals surface area contributed by atoms with Gasteiger partial charge in [0.15, 0.2) is 0 Å². The summed E-state index contributed by atoms with van der Waals surface area (Å²) in [6, 6.07) is 19.8. The van der Waals surface area contributed by atoms with Crippen LogP contribution in [0.15, 0.2) is 60.8 Å². The van der Waals surface area contributed by atoms with Crippen LogP contribution < -0.4 is 4.74 Å². The van der Waals surface area contributed by atoms with Crippen LogP contribution >= 0.6 is 0 Å². The number of aromatic nitrogens is 1. The summed E-state index contributed by atoms with van der Waals surface area (Å²) in [5.74, 6) is 0.804. The maximum absolute atomic E-state index is 9.01. The summed E-state index contributed by atoms with van der Waals surface area (Å²) >= 11 is 0. The fourth-order valence-electron chi connectivity index (χ4n) is 2.66. The van der Waals surface area contributed by atoms with Crippen molar-refractivity contribution in [3.05, 3.63) is 83.0 Å². The van der Waals surface area contributed by atoms with Gasteiger partial charge in [0.2, 0.25) is 0 Å². The average molecular weight is 326 g/mol. The largest absolute Gasteiger partial charge is 0.496 e. The predicted octanol–water partition coefficient (Wildman–Crippen LogP) is 5.11. The van der Waals surface area contributed by atoms with Crippen molar-refractivity contribution in [3.8, 4) is 23.1 Å². The molecule has 3 heteroatoms. The number of ether oxygens (including phenoxy) is 1. The summed E-state index contributed by atoms with van der Waals surface area (Å²) in [4.78, 5) is 4.46. The molecule has 0 unspecified atom stereocenters. The molecular formula is C22H18N2O. The van der Waals surface area contributed by atoms with Crippen molar-refractivity contribution in [1.82, 2.24) is 4.98 Å². The van der Waals surface area contributed by atoms with Crippen LogP contribution in [0.1, 0.15) is 22.3 Å². The van der Waals surface area contributed by atoms with E-state index >= 15 is 0 Å². The molecule has 2 aromatic carbocycles. The molecule has 0 N–H and O–H groups in total. The Bertz CT molecular complexity index is 968. The number of rotatable bonds is 4. The lowest BCUT2D eigenvalue weighted by molar-refractivity contribution is 0.416. The van der Waals surface area contributed by atoms with Gasteiger partial charge in [-0.25, -0.2) is 0 Å². The Hall–Kier alpha value is -3.38. The van der Waals surface area contributed by atoms with Gasteiger partial charge in [-0.2, -0.15) is 5.26 Å². The molecule has 0 radical (unpaired) electrons. The van der Waals surface area contributed by atoms with Gasteiger partial charge in [-0.15, -0.1) is 0 Å². The number of para-hydroxylation sites is 1. The van der Waals surface area contributed by atoms with E-state index in [4.69, 9.17) is 10.00 Å². The van der Waals surface area contributed by atoms with E-state index in [-0.39, 0.29) is 0 Å². The molecule has 0 saturated heterocycles. The Morgan fingerprint density at radius 3 is 2.48 bits per heavy atom. The zero-order valence-electron chi connectivity index (χ0n) is 14.2. The van der Waals surface area contributed by atoms with Crippen molar-refractivity contribution >= 4 is 12.2 Å². The summed E-state index contributed by atoms with van der Waals surface area (Å²) in [6.45, 7) is 1.95. The maximum atomic E-state index is 9.01. The minimum Gasteiger partial charge on any atom is -0.496 e. The second kappa shape index (κ2) is 7.46. The topological polar surface area (TPSA) is 45.9 Å². The Morgan fingerprint density at radius 1 is 1.00 bits per heavy atom. The van der Waals surface area contributed by atoms with Crippen LogP contribution in [0.2, 0.25) is 0 Å². The second-order valence-electron chi connectivity index (χ2n) is 5.69. The second-order valence-corrected chi connectivity index (χ2v) is 5.69. The van der Waals surface area contributed by atoms with Gasteiger partial charge in [-0.1, -0.05) is 36.4 Å². The third kappa shape index (κ3) is 3.76. The molecule has 0 amide bonds. The number of nitriles is 1. The first-order valence-corrected chi connectivity index (χ1v) is 7.99. The van der Waals surface area contributed by atoms with Crippen LogP contribution in [0.3, 0.4) is 0 Å². The van der Waals surface area contributed by atoms with E-state index in [9.17, 15) is 0 Å². The van der Waals surface area contributed by atoms with Crippen molar-refractivity contribution in [2.45, 2.75) is 6.92 Å². The lowest BCUT2D eigenvalue weighted by Gasteiger charge is -2.08. The van der Waals surface area contributed by atoms with Gasteiger partial charge in [0, 0.05) is 11.8 Å². The number of nitrogens with zero attached hydrogens (tertiary/aromatic N) is 2. The molecule has 1 aromatic heterocycles. The molecule has 3 rings (SSSR count). The molecule has 0 spiro atoms. The lowest BCUT2D eigenvalue weighted by atomic mass is 10.0. The van der Waals surface area contributed by atoms with E-state index in [1.54, 1.807) is 13.3 Å². The summed E-state index contributed by atoms with van der Waals surface area (Å²) in [6.07, 6.45) is 5.88. The van der Waals surface area contributed by atoms with Crippen molar-refractivity contribution < 1.29 is 4.74 Å². The quantitative estimate of drug-likeness (QED) is 0.669. The molecule has 122 valence electrons. The molecule has 0 fully saturated rings. The fraction of sp³-hybridized carbons (Fsp3) is 0.0909. The highest BCUT2D eigenvalue weighted by Gasteiger charge is 2.06. The van der Waals surface area contributed by atoms with E-state index in [0.717, 1.165) is 33.7 Å². The average Bonchev–Trinajstić information content (AvgIpc) is 2.66. The number of benzene rings is 2. The van der Waals surface area contributed by atoms with E-state index in [1.807, 2.05) is 73.7 Å². The van der Waals surface area contributed by atoms with E-state index in [2.05, 4.69) is 11.1 Å². The molecule has 3 nitrogen and oxygen atoms in total. The SMILES string of the molecule is COc1ccccc1-c1cc(/C=C/c2ccc(C#N)c(C)c2)ccn1. The van der Waals surface area contributed by atoms with Crippen LogP contribution in [-0.4, -0.2) is 12.1 Å². The monoisotopic (exact) mass is 326 g/mol. The first-order valence-electron chi connectivity index (χ1n) is 7.99. The summed E-state index contributed by atoms with van der Waals surface area (Å²) in [5, 5.41) is 9.01. The van der Waals surface area contributed by atoms with Crippen LogP contribution in [0.5, 0.6) is 5.75 Å². The molecule has 0 aliphatic rings. The Balaban J connectivity index is 1.90. The number of methoxy groups -OCH3 is 1. The minimum absolute atomic E-state index is 0.708. The molecule has 1 heterocycles. The Kier molecular flexibility index (Phi) is 4.92. The van der Waals surface area contributed by atoms with Crippen molar-refractivity contribution in [2.75, 3.05) is 7.11 Å². The molecule has 0 atom stereocenters. The Labute approximate surface area is 147 Å². The predicted molar refractivity (Wildman–Crippen MR) is 101 cm³/mol. The zero-order valence-corrected chi connectivity index (χ0v) is 14.2. The first-order chi connectivity index (χ1) is 12.2. The third-order valence-electron chi connectivity index (χ3n) is 4.01. The van der Waals surface area contributed by atoms with Crippen LogP contribution in [-0.2, 0) is 0 Å². The van der Waals surface area contributed by atoms with E-state index < -0.39 is 0 Å². The van der Waals surface area contributed by atoms with E-state index in [1.165, 1.54) is 0 Å². The van der Waals surface area contributed by atoms with Gasteiger partial charge >= 0.3 is 0 Å². The van der Waals surface area contributed by atoms with Gasteiger partial charge < -0.3 is 4.74 Å². The van der Waals surface area contributed by atoms with Gasteiger partial charge in [0.25, 0.3) is 0 Å². The number of hydrogen-bond donors (Lipinski definition) is 0. The standard InChI is InChI=1S/C22H18N2O/c1-16-13-17(9-10-19(16)15-23)7-8-18-11-12-24-21(14-18)20-5-3-4-6-22(20)25-2/h3-14H,1-2H3/b8-7+. The highest BCUT2D eigenvalue weighted by atomic mass is 16.5. The Morgan fingerprint density at radius 2 is 1.76 bits per heavy atom. The van der Waals surface area contributed by atoms with Gasteiger partial charge in [-0.05, 0) is 53.9 Å². The van der Waals surface area contributed by atoms with Crippen molar-refractivity contribution in [3.63, 3.8) is 0 Å². The van der Waals surface area contributed by atoms with Crippen LogP contribution in [0.4, 0.5) is 0 Å². The normalized spacial score (nSPS) is 10.6. The van der Waals surface area contributed by atoms with Gasteiger partial charge in [-0.3, -0.25) is 4.98 Å². The maximum Gasteiger partial charge on any atom is 0.128 e. The van der Waals surface area contributed by atoms with Crippen molar-refractivity contribution in [2.24, 2.45) is 0 Å². The molecule has 0 aliphatic heterocycles. The minimum atomic E-state index is 0.708. The van der Waals surface area contributed by atoms with E-state index in [0.29, 0.717) is 5.56 Å². The molecule has 0 saturated carbocycles. The number of hydrogen-bond acceptors (Lipinski definition) is 3. The van der Waals surface area contributed by atoms with Gasteiger partial charge in [0.1, 0.15) is 5.75 Å². The molecule has 0 aliphatic carbocycles. The first kappa shape index (κ1) is 16.5. The smallest absolute Gasteiger partial charge is 0.128 e. The summed E-state index contributed by atoms with van der Waals surface area (Å²) in [5.41, 5.74) is 5.64. The van der Waals surface area contributed by atoms with Crippen LogP contribution in [0, 0.1) is 18.3 Å². The third-order valence-corrected chi connectivity index (χ3v) is 4.01. The summed E-state index contributed by atoms with van der Waals surface area (Å²) < 4.78 is 5.42. The molecule has 0 bridgehead atoms. The van der Waals surface area contributed by atoms with Crippen LogP contribution in [0.25, 0.3) is 23.4 Å². The zero-order chi connectivity index (χ0) is 17.6. The highest BCUT2D eigenvalue weighted by molar-refractivity contribution is 5.74. The van der Waals surface area contributed by atoms with Crippen molar-refractivity contribution in [1.29, 1.82) is 5.26 Å². The number of pyridine rings is 1. The van der Waals surface area contributed by atoms with Gasteiger partial charge in [0.05, 0.1) is 24.4 Å². The number of aryl methyl sites for hydroxylation is 1. The lowest BCUT2D eigenvalue weighted by Crippen LogP contribution is -1.90. The molecular weight excluding hydrogens is 308 g/mol. The fourth-order valence-corrected chi connectivity index (χ4v) is 2.66.